The summed E-state index contributed by atoms with van der Waals surface area (Å²) in [6.45, 7) is 0. The molecule has 5 rings (SSSR count). The number of H-pyrrole nitrogens is 1. The molecule has 0 fully saturated rings. The van der Waals surface area contributed by atoms with Crippen molar-refractivity contribution in [2.24, 2.45) is 0 Å². The third kappa shape index (κ3) is 2.95. The van der Waals surface area contributed by atoms with Crippen LogP contribution in [0.5, 0.6) is 0 Å². The fraction of sp³-hybridized carbons (Fsp3) is 0.222. The molecule has 0 aliphatic heterocycles. The monoisotopic (exact) mass is 412 g/mol. The van der Waals surface area contributed by atoms with Crippen LogP contribution in [0.4, 0.5) is 5.82 Å². The van der Waals surface area contributed by atoms with Gasteiger partial charge >= 0.3 is 0 Å². The van der Waals surface area contributed by atoms with E-state index in [1.54, 1.807) is 11.3 Å². The second-order valence-corrected chi connectivity index (χ2v) is 8.75. The number of para-hydroxylation sites is 1. The quantitative estimate of drug-likeness (QED) is 0.295. The van der Waals surface area contributed by atoms with Gasteiger partial charge in [-0.25, -0.2) is 9.97 Å². The Balaban J connectivity index is 1.45. The molecule has 1 aromatic carbocycles. The Kier molecular flexibility index (Phi) is 4.22. The van der Waals surface area contributed by atoms with E-state index in [2.05, 4.69) is 15.2 Å². The van der Waals surface area contributed by atoms with E-state index in [1.165, 1.54) is 28.6 Å². The second kappa shape index (κ2) is 6.74. The van der Waals surface area contributed by atoms with Crippen molar-refractivity contribution in [1.29, 1.82) is 0 Å². The first-order chi connectivity index (χ1) is 13.2. The molecule has 0 atom stereocenters. The van der Waals surface area contributed by atoms with Crippen LogP contribution in [0.25, 0.3) is 15.9 Å². The molecule has 0 saturated carbocycles. The molecule has 1 aliphatic rings. The van der Waals surface area contributed by atoms with E-state index in [1.807, 2.05) is 34.9 Å². The van der Waals surface area contributed by atoms with E-state index in [9.17, 15) is 0 Å². The molecule has 0 amide bonds. The summed E-state index contributed by atoms with van der Waals surface area (Å²) in [5.74, 6) is 2.01. The number of fused-ring (bicyclic) bond motifs is 3. The van der Waals surface area contributed by atoms with Gasteiger partial charge in [-0.05, 0) is 49.2 Å². The normalized spacial score (nSPS) is 13.3. The topological polar surface area (TPSA) is 85.4 Å². The largest absolute Gasteiger partial charge is 0.383 e. The van der Waals surface area contributed by atoms with Gasteiger partial charge in [0.05, 0.1) is 11.1 Å². The van der Waals surface area contributed by atoms with Crippen molar-refractivity contribution >= 4 is 51.4 Å². The SMILES string of the molecule is Nc1nc(SCc2n[nH]c(=S)n2-c2ccccc2)nc2sc3c(c12)CCC3. The van der Waals surface area contributed by atoms with Gasteiger partial charge in [-0.1, -0.05) is 30.0 Å². The predicted molar refractivity (Wildman–Crippen MR) is 112 cm³/mol. The summed E-state index contributed by atoms with van der Waals surface area (Å²) in [7, 11) is 0. The maximum Gasteiger partial charge on any atom is 0.199 e. The van der Waals surface area contributed by atoms with Gasteiger partial charge in [0.1, 0.15) is 16.5 Å². The van der Waals surface area contributed by atoms with Gasteiger partial charge in [0.15, 0.2) is 9.93 Å². The molecule has 3 aromatic heterocycles. The summed E-state index contributed by atoms with van der Waals surface area (Å²) < 4.78 is 2.51. The Morgan fingerprint density at radius 2 is 2.07 bits per heavy atom. The van der Waals surface area contributed by atoms with E-state index >= 15 is 0 Å². The summed E-state index contributed by atoms with van der Waals surface area (Å²) in [6.07, 6.45) is 3.42. The van der Waals surface area contributed by atoms with Crippen molar-refractivity contribution in [3.05, 3.63) is 51.4 Å². The van der Waals surface area contributed by atoms with Gasteiger partial charge in [-0.2, -0.15) is 5.10 Å². The number of nitrogens with two attached hydrogens (primary N) is 1. The van der Waals surface area contributed by atoms with Crippen molar-refractivity contribution in [1.82, 2.24) is 24.7 Å². The lowest BCUT2D eigenvalue weighted by Crippen LogP contribution is -2.01. The highest BCUT2D eigenvalue weighted by atomic mass is 32.2. The van der Waals surface area contributed by atoms with E-state index in [0.29, 0.717) is 21.5 Å². The minimum Gasteiger partial charge on any atom is -0.383 e. The lowest BCUT2D eigenvalue weighted by atomic mass is 10.2. The highest BCUT2D eigenvalue weighted by molar-refractivity contribution is 7.98. The van der Waals surface area contributed by atoms with Crippen LogP contribution < -0.4 is 5.73 Å². The molecule has 27 heavy (non-hydrogen) atoms. The minimum atomic E-state index is 0.572. The lowest BCUT2D eigenvalue weighted by Gasteiger charge is -2.07. The number of nitrogen functional groups attached to an aromatic ring is 1. The molecule has 0 spiro atoms. The number of hydrogen-bond donors (Lipinski definition) is 2. The molecule has 1 aliphatic carbocycles. The van der Waals surface area contributed by atoms with Crippen LogP contribution in [0, 0.1) is 4.77 Å². The maximum absolute atomic E-state index is 6.27. The van der Waals surface area contributed by atoms with Crippen LogP contribution >= 0.6 is 35.3 Å². The number of aryl methyl sites for hydroxylation is 2. The van der Waals surface area contributed by atoms with Gasteiger partial charge in [0, 0.05) is 10.6 Å². The van der Waals surface area contributed by atoms with E-state index in [-0.39, 0.29) is 0 Å². The molecule has 6 nitrogen and oxygen atoms in total. The molecule has 4 aromatic rings. The number of thiophene rings is 1. The summed E-state index contributed by atoms with van der Waals surface area (Å²) in [5, 5.41) is 8.98. The Morgan fingerprint density at radius 1 is 1.22 bits per heavy atom. The fourth-order valence-corrected chi connectivity index (χ4v) is 5.82. The fourth-order valence-electron chi connectivity index (χ4n) is 3.47. The Labute approximate surface area is 168 Å². The van der Waals surface area contributed by atoms with Crippen LogP contribution in [0.3, 0.4) is 0 Å². The minimum absolute atomic E-state index is 0.572. The molecule has 9 heteroatoms. The van der Waals surface area contributed by atoms with Gasteiger partial charge in [-0.15, -0.1) is 11.3 Å². The zero-order chi connectivity index (χ0) is 18.4. The van der Waals surface area contributed by atoms with Crippen LogP contribution in [0.1, 0.15) is 22.7 Å². The number of rotatable bonds is 4. The first-order valence-corrected chi connectivity index (χ1v) is 10.8. The number of hydrogen-bond acceptors (Lipinski definition) is 7. The Bertz CT molecular complexity index is 1190. The highest BCUT2D eigenvalue weighted by Gasteiger charge is 2.21. The number of nitrogens with one attached hydrogen (secondary N) is 1. The lowest BCUT2D eigenvalue weighted by molar-refractivity contribution is 0.915. The third-order valence-electron chi connectivity index (χ3n) is 4.66. The Hall–Kier alpha value is -2.23. The zero-order valence-electron chi connectivity index (χ0n) is 14.3. The van der Waals surface area contributed by atoms with Crippen molar-refractivity contribution in [2.75, 3.05) is 5.73 Å². The van der Waals surface area contributed by atoms with Crippen LogP contribution in [0.15, 0.2) is 35.5 Å². The standard InChI is InChI=1S/C18H16N6S3/c19-15-14-11-7-4-8-12(11)27-16(14)21-17(20-15)26-9-13-22-23-18(25)24(13)10-5-2-1-3-6-10/h1-3,5-6H,4,7-9H2,(H,23,25)(H2,19,20,21). The molecule has 136 valence electrons. The zero-order valence-corrected chi connectivity index (χ0v) is 16.8. The summed E-state index contributed by atoms with van der Waals surface area (Å²) in [4.78, 5) is 11.7. The van der Waals surface area contributed by atoms with Crippen LogP contribution in [-0.2, 0) is 18.6 Å². The summed E-state index contributed by atoms with van der Waals surface area (Å²) >= 11 is 8.67. The highest BCUT2D eigenvalue weighted by Crippen LogP contribution is 2.39. The van der Waals surface area contributed by atoms with E-state index in [0.717, 1.165) is 34.6 Å². The number of anilines is 1. The summed E-state index contributed by atoms with van der Waals surface area (Å²) in [5.41, 5.74) is 8.61. The van der Waals surface area contributed by atoms with E-state index in [4.69, 9.17) is 22.9 Å². The first-order valence-electron chi connectivity index (χ1n) is 8.63. The van der Waals surface area contributed by atoms with Crippen molar-refractivity contribution < 1.29 is 0 Å². The van der Waals surface area contributed by atoms with E-state index < -0.39 is 0 Å². The number of nitrogens with zero attached hydrogens (tertiary/aromatic N) is 4. The number of thioether (sulfide) groups is 1. The molecule has 3 heterocycles. The predicted octanol–water partition coefficient (Wildman–Crippen LogP) is 4.30. The summed E-state index contributed by atoms with van der Waals surface area (Å²) in [6, 6.07) is 9.95. The molecular weight excluding hydrogens is 396 g/mol. The average Bonchev–Trinajstić information content (AvgIpc) is 3.34. The maximum atomic E-state index is 6.27. The smallest absolute Gasteiger partial charge is 0.199 e. The molecule has 0 bridgehead atoms. The number of aromatic amines is 1. The van der Waals surface area contributed by atoms with Gasteiger partial charge < -0.3 is 5.73 Å². The van der Waals surface area contributed by atoms with Gasteiger partial charge in [0.25, 0.3) is 0 Å². The molecule has 0 unspecified atom stereocenters. The van der Waals surface area contributed by atoms with Gasteiger partial charge in [0.2, 0.25) is 0 Å². The molecule has 3 N–H and O–H groups in total. The second-order valence-electron chi connectivity index (χ2n) is 6.33. The van der Waals surface area contributed by atoms with Crippen molar-refractivity contribution in [3.8, 4) is 5.69 Å². The van der Waals surface area contributed by atoms with Crippen molar-refractivity contribution in [2.45, 2.75) is 30.2 Å². The Morgan fingerprint density at radius 3 is 2.93 bits per heavy atom. The molecule has 0 saturated heterocycles. The number of benzene rings is 1. The van der Waals surface area contributed by atoms with Crippen LogP contribution in [0.2, 0.25) is 0 Å². The molecular formula is C18H16N6S3. The first kappa shape index (κ1) is 16.9. The molecule has 0 radical (unpaired) electrons. The van der Waals surface area contributed by atoms with Crippen LogP contribution in [-0.4, -0.2) is 24.7 Å². The third-order valence-corrected chi connectivity index (χ3v) is 6.96. The number of aromatic nitrogens is 5. The average molecular weight is 413 g/mol. The van der Waals surface area contributed by atoms with Crippen molar-refractivity contribution in [3.63, 3.8) is 0 Å². The van der Waals surface area contributed by atoms with Gasteiger partial charge in [-0.3, -0.25) is 9.67 Å².